The van der Waals surface area contributed by atoms with Crippen LogP contribution in [0.3, 0.4) is 0 Å². The van der Waals surface area contributed by atoms with Gasteiger partial charge in [0, 0.05) is 12.0 Å². The van der Waals surface area contributed by atoms with Crippen molar-refractivity contribution in [2.45, 2.75) is 25.1 Å². The zero-order valence-electron chi connectivity index (χ0n) is 10.4. The van der Waals surface area contributed by atoms with Gasteiger partial charge in [-0.2, -0.15) is 19.0 Å². The highest BCUT2D eigenvalue weighted by atomic mass is 19.3. The Morgan fingerprint density at radius 2 is 2.14 bits per heavy atom. The molecular formula is C11H10F4N4O2. The monoisotopic (exact) mass is 306 g/mol. The largest absolute Gasteiger partial charge is 0.471 e. The number of hydrogen-bond donors (Lipinski definition) is 2. The Morgan fingerprint density at radius 1 is 1.48 bits per heavy atom. The van der Waals surface area contributed by atoms with Crippen molar-refractivity contribution in [2.75, 3.05) is 18.1 Å². The molecule has 10 heteroatoms. The van der Waals surface area contributed by atoms with Gasteiger partial charge in [0.05, 0.1) is 12.3 Å². The van der Waals surface area contributed by atoms with Gasteiger partial charge in [-0.3, -0.25) is 0 Å². The minimum atomic E-state index is -4.56. The highest BCUT2D eigenvalue weighted by molar-refractivity contribution is 5.71. The summed E-state index contributed by atoms with van der Waals surface area (Å²) in [6.45, 7) is -0.783. The van der Waals surface area contributed by atoms with Crippen LogP contribution in [0, 0.1) is 11.3 Å². The van der Waals surface area contributed by atoms with Gasteiger partial charge >= 0.3 is 12.5 Å². The quantitative estimate of drug-likeness (QED) is 0.812. The molecule has 1 aromatic rings. The van der Waals surface area contributed by atoms with Gasteiger partial charge in [0.15, 0.2) is 0 Å². The van der Waals surface area contributed by atoms with Gasteiger partial charge in [-0.1, -0.05) is 0 Å². The van der Waals surface area contributed by atoms with E-state index in [4.69, 9.17) is 21.5 Å². The number of aromatic nitrogens is 1. The number of halogens is 4. The molecule has 4 N–H and O–H groups in total. The van der Waals surface area contributed by atoms with E-state index in [0.717, 1.165) is 0 Å². The molecule has 0 aromatic carbocycles. The Balaban J connectivity index is 2.11. The molecule has 0 amide bonds. The summed E-state index contributed by atoms with van der Waals surface area (Å²) in [5, 5.41) is 8.87. The van der Waals surface area contributed by atoms with Gasteiger partial charge in [0.2, 0.25) is 5.88 Å². The lowest BCUT2D eigenvalue weighted by molar-refractivity contribution is -0.305. The molecule has 0 aliphatic carbocycles. The van der Waals surface area contributed by atoms with Crippen molar-refractivity contribution in [2.24, 2.45) is 0 Å². The van der Waals surface area contributed by atoms with Crippen LogP contribution in [-0.2, 0) is 11.2 Å². The normalized spacial score (nSPS) is 17.4. The lowest BCUT2D eigenvalue weighted by atomic mass is 10.1. The van der Waals surface area contributed by atoms with E-state index in [-0.39, 0.29) is 29.4 Å². The third-order valence-corrected chi connectivity index (χ3v) is 2.87. The standard InChI is InChI=1S/C11H10F4N4O2/c12-10(13)11(14,15)20-3-4-1-5-7(17)6(2-16)8(18)19-9(5)21-4/h4,10H,1,3H2,(H4,17,18,19). The van der Waals surface area contributed by atoms with Crippen LogP contribution in [0.5, 0.6) is 5.88 Å². The molecule has 2 heterocycles. The summed E-state index contributed by atoms with van der Waals surface area (Å²) in [5.74, 6) is -0.175. The van der Waals surface area contributed by atoms with Crippen LogP contribution in [0.2, 0.25) is 0 Å². The van der Waals surface area contributed by atoms with E-state index in [0.29, 0.717) is 5.56 Å². The summed E-state index contributed by atoms with van der Waals surface area (Å²) in [5.41, 5.74) is 11.5. The lowest BCUT2D eigenvalue weighted by Crippen LogP contribution is -2.34. The summed E-state index contributed by atoms with van der Waals surface area (Å²) >= 11 is 0. The first-order valence-corrected chi connectivity index (χ1v) is 5.70. The number of nitrogen functional groups attached to an aromatic ring is 2. The van der Waals surface area contributed by atoms with E-state index in [2.05, 4.69) is 9.72 Å². The number of nitrogens with two attached hydrogens (primary N) is 2. The molecule has 0 bridgehead atoms. The zero-order valence-corrected chi connectivity index (χ0v) is 10.4. The fourth-order valence-corrected chi connectivity index (χ4v) is 1.84. The number of nitriles is 1. The second-order valence-corrected chi connectivity index (χ2v) is 4.30. The van der Waals surface area contributed by atoms with Gasteiger partial charge in [-0.25, -0.2) is 8.78 Å². The van der Waals surface area contributed by atoms with Crippen LogP contribution in [-0.4, -0.2) is 30.2 Å². The predicted octanol–water partition coefficient (Wildman–Crippen LogP) is 1.30. The Morgan fingerprint density at radius 3 is 2.71 bits per heavy atom. The number of anilines is 2. The SMILES string of the molecule is N#Cc1c(N)nc2c(c1N)CC(COC(F)(F)C(F)F)O2. The Labute approximate surface area is 116 Å². The number of hydrogen-bond acceptors (Lipinski definition) is 6. The van der Waals surface area contributed by atoms with Crippen molar-refractivity contribution in [3.63, 3.8) is 0 Å². The molecule has 0 radical (unpaired) electrons. The summed E-state index contributed by atoms with van der Waals surface area (Å²) in [6.07, 6.45) is -9.46. The molecule has 1 unspecified atom stereocenters. The molecule has 21 heavy (non-hydrogen) atoms. The van der Waals surface area contributed by atoms with Crippen LogP contribution in [0.15, 0.2) is 0 Å². The number of pyridine rings is 1. The molecular weight excluding hydrogens is 296 g/mol. The number of ether oxygens (including phenoxy) is 2. The van der Waals surface area contributed by atoms with E-state index in [9.17, 15) is 17.6 Å². The first-order valence-electron chi connectivity index (χ1n) is 5.70. The second-order valence-electron chi connectivity index (χ2n) is 4.30. The smallest absolute Gasteiger partial charge is 0.416 e. The molecule has 2 rings (SSSR count). The Hall–Kier alpha value is -2.28. The highest BCUT2D eigenvalue weighted by Gasteiger charge is 2.43. The molecule has 0 saturated carbocycles. The maximum atomic E-state index is 12.7. The third-order valence-electron chi connectivity index (χ3n) is 2.87. The maximum Gasteiger partial charge on any atom is 0.416 e. The van der Waals surface area contributed by atoms with Crippen molar-refractivity contribution in [3.05, 3.63) is 11.1 Å². The molecule has 6 nitrogen and oxygen atoms in total. The molecule has 1 atom stereocenters. The van der Waals surface area contributed by atoms with Crippen LogP contribution in [0.4, 0.5) is 29.1 Å². The van der Waals surface area contributed by atoms with Gasteiger partial charge in [-0.05, 0) is 0 Å². The van der Waals surface area contributed by atoms with E-state index in [1.807, 2.05) is 0 Å². The lowest BCUT2D eigenvalue weighted by Gasteiger charge is -2.18. The molecule has 0 fully saturated rings. The summed E-state index contributed by atoms with van der Waals surface area (Å²) in [7, 11) is 0. The zero-order chi connectivity index (χ0) is 15.8. The average molecular weight is 306 g/mol. The van der Waals surface area contributed by atoms with Crippen LogP contribution in [0.25, 0.3) is 0 Å². The van der Waals surface area contributed by atoms with Crippen molar-refractivity contribution in [1.29, 1.82) is 5.26 Å². The summed E-state index contributed by atoms with van der Waals surface area (Å²) in [4.78, 5) is 3.78. The summed E-state index contributed by atoms with van der Waals surface area (Å²) < 4.78 is 58.3. The first-order chi connectivity index (χ1) is 9.76. The van der Waals surface area contributed by atoms with Crippen LogP contribution in [0.1, 0.15) is 11.1 Å². The van der Waals surface area contributed by atoms with E-state index < -0.39 is 25.2 Å². The molecule has 0 saturated heterocycles. The van der Waals surface area contributed by atoms with Crippen LogP contribution >= 0.6 is 0 Å². The topological polar surface area (TPSA) is 107 Å². The van der Waals surface area contributed by atoms with Crippen molar-refractivity contribution < 1.29 is 27.0 Å². The van der Waals surface area contributed by atoms with E-state index >= 15 is 0 Å². The Bertz CT molecular complexity index is 603. The molecule has 1 aliphatic heterocycles. The molecule has 1 aliphatic rings. The van der Waals surface area contributed by atoms with E-state index in [1.54, 1.807) is 6.07 Å². The molecule has 0 spiro atoms. The van der Waals surface area contributed by atoms with Crippen molar-refractivity contribution in [3.8, 4) is 11.9 Å². The Kier molecular flexibility index (Phi) is 3.78. The minimum absolute atomic E-state index is 0.00243. The van der Waals surface area contributed by atoms with Gasteiger partial charge in [-0.15, -0.1) is 0 Å². The molecule has 1 aromatic heterocycles. The second kappa shape index (κ2) is 5.25. The third kappa shape index (κ3) is 2.78. The van der Waals surface area contributed by atoms with Crippen molar-refractivity contribution in [1.82, 2.24) is 4.98 Å². The minimum Gasteiger partial charge on any atom is -0.471 e. The maximum absolute atomic E-state index is 12.7. The first kappa shape index (κ1) is 15.1. The van der Waals surface area contributed by atoms with E-state index in [1.165, 1.54) is 0 Å². The average Bonchev–Trinajstić information content (AvgIpc) is 2.80. The van der Waals surface area contributed by atoms with Crippen molar-refractivity contribution >= 4 is 11.5 Å². The fourth-order valence-electron chi connectivity index (χ4n) is 1.84. The van der Waals surface area contributed by atoms with Gasteiger partial charge in [0.25, 0.3) is 0 Å². The van der Waals surface area contributed by atoms with Gasteiger partial charge < -0.3 is 20.9 Å². The number of fused-ring (bicyclic) bond motifs is 1. The fraction of sp³-hybridized carbons (Fsp3) is 0.455. The number of alkyl halides is 4. The molecule has 114 valence electrons. The van der Waals surface area contributed by atoms with Crippen LogP contribution < -0.4 is 16.2 Å². The van der Waals surface area contributed by atoms with Gasteiger partial charge in [0.1, 0.15) is 23.6 Å². The number of nitrogens with zero attached hydrogens (tertiary/aromatic N) is 2. The predicted molar refractivity (Wildman–Crippen MR) is 62.8 cm³/mol. The number of rotatable bonds is 4. The summed E-state index contributed by atoms with van der Waals surface area (Å²) in [6, 6.07) is 1.76. The highest BCUT2D eigenvalue weighted by Crippen LogP contribution is 2.36.